The van der Waals surface area contributed by atoms with Crippen LogP contribution in [-0.4, -0.2) is 34.2 Å². The van der Waals surface area contributed by atoms with E-state index in [2.05, 4.69) is 0 Å². The largest absolute Gasteiger partial charge is 0.497 e. The summed E-state index contributed by atoms with van der Waals surface area (Å²) in [7, 11) is 6.28. The van der Waals surface area contributed by atoms with Gasteiger partial charge >= 0.3 is 0 Å². The monoisotopic (exact) mass is 340 g/mol. The molecule has 5 nitrogen and oxygen atoms in total. The summed E-state index contributed by atoms with van der Waals surface area (Å²) in [6.45, 7) is 0. The molecular formula is C20H20O5. The quantitative estimate of drug-likeness (QED) is 0.779. The molecular weight excluding hydrogens is 320 g/mol. The number of benzene rings is 2. The van der Waals surface area contributed by atoms with Crippen molar-refractivity contribution in [1.29, 1.82) is 0 Å². The molecule has 0 fully saturated rings. The summed E-state index contributed by atoms with van der Waals surface area (Å²) >= 11 is 0. The normalized spacial score (nSPS) is 14.4. The maximum Gasteiger partial charge on any atom is 0.203 e. The summed E-state index contributed by atoms with van der Waals surface area (Å²) in [6, 6.07) is 9.28. The SMILES string of the molecule is COc1ccc(/C=C2\Cc3c(cc(OC)c(OC)c3OC)C2=O)cc1. The molecule has 0 saturated carbocycles. The van der Waals surface area contributed by atoms with Crippen molar-refractivity contribution in [2.75, 3.05) is 28.4 Å². The van der Waals surface area contributed by atoms with Crippen LogP contribution in [0.1, 0.15) is 21.5 Å². The first-order chi connectivity index (χ1) is 12.1. The number of carbonyl (C=O) groups is 1. The van der Waals surface area contributed by atoms with Gasteiger partial charge in [0.15, 0.2) is 17.3 Å². The van der Waals surface area contributed by atoms with E-state index in [1.807, 2.05) is 30.3 Å². The van der Waals surface area contributed by atoms with Gasteiger partial charge in [0.1, 0.15) is 5.75 Å². The Balaban J connectivity index is 2.04. The van der Waals surface area contributed by atoms with E-state index in [4.69, 9.17) is 18.9 Å². The summed E-state index contributed by atoms with van der Waals surface area (Å²) in [4.78, 5) is 12.8. The molecule has 0 spiro atoms. The lowest BCUT2D eigenvalue weighted by molar-refractivity contribution is 0.104. The highest BCUT2D eigenvalue weighted by Crippen LogP contribution is 2.46. The fraction of sp³-hybridized carbons (Fsp3) is 0.250. The highest BCUT2D eigenvalue weighted by molar-refractivity contribution is 6.16. The Labute approximate surface area is 146 Å². The van der Waals surface area contributed by atoms with Gasteiger partial charge in [-0.3, -0.25) is 4.79 Å². The molecule has 0 radical (unpaired) electrons. The van der Waals surface area contributed by atoms with Gasteiger partial charge in [0.2, 0.25) is 5.75 Å². The van der Waals surface area contributed by atoms with Crippen molar-refractivity contribution in [2.45, 2.75) is 6.42 Å². The number of Topliss-reactive ketones (excluding diaryl/α,β-unsaturated/α-hetero) is 1. The molecule has 3 rings (SSSR count). The maximum atomic E-state index is 12.8. The van der Waals surface area contributed by atoms with E-state index in [-0.39, 0.29) is 5.78 Å². The predicted octanol–water partition coefficient (Wildman–Crippen LogP) is 3.54. The summed E-state index contributed by atoms with van der Waals surface area (Å²) in [5.74, 6) is 2.28. The van der Waals surface area contributed by atoms with Gasteiger partial charge in [-0.1, -0.05) is 12.1 Å². The average molecular weight is 340 g/mol. The molecule has 0 atom stereocenters. The van der Waals surface area contributed by atoms with Gasteiger partial charge < -0.3 is 18.9 Å². The van der Waals surface area contributed by atoms with Crippen LogP contribution in [0.5, 0.6) is 23.0 Å². The highest BCUT2D eigenvalue weighted by atomic mass is 16.5. The minimum absolute atomic E-state index is 0.0231. The molecule has 0 saturated heterocycles. The number of hydrogen-bond acceptors (Lipinski definition) is 5. The fourth-order valence-corrected chi connectivity index (χ4v) is 3.06. The Kier molecular flexibility index (Phi) is 4.65. The molecule has 0 aromatic heterocycles. The Bertz CT molecular complexity index is 834. The van der Waals surface area contributed by atoms with Crippen LogP contribution >= 0.6 is 0 Å². The van der Waals surface area contributed by atoms with Crippen LogP contribution in [0.4, 0.5) is 0 Å². The second-order valence-corrected chi connectivity index (χ2v) is 5.62. The van der Waals surface area contributed by atoms with Crippen molar-refractivity contribution in [3.05, 3.63) is 52.6 Å². The third-order valence-electron chi connectivity index (χ3n) is 4.29. The fourth-order valence-electron chi connectivity index (χ4n) is 3.06. The van der Waals surface area contributed by atoms with Crippen LogP contribution in [0.2, 0.25) is 0 Å². The minimum Gasteiger partial charge on any atom is -0.497 e. The van der Waals surface area contributed by atoms with Crippen molar-refractivity contribution >= 4 is 11.9 Å². The molecule has 25 heavy (non-hydrogen) atoms. The first-order valence-corrected chi connectivity index (χ1v) is 7.84. The Morgan fingerprint density at radius 1 is 0.880 bits per heavy atom. The number of allylic oxidation sites excluding steroid dienone is 1. The van der Waals surface area contributed by atoms with Crippen LogP contribution in [0, 0.1) is 0 Å². The van der Waals surface area contributed by atoms with E-state index >= 15 is 0 Å². The zero-order valence-corrected chi connectivity index (χ0v) is 14.7. The van der Waals surface area contributed by atoms with Crippen molar-refractivity contribution in [2.24, 2.45) is 0 Å². The number of methoxy groups -OCH3 is 4. The van der Waals surface area contributed by atoms with Crippen molar-refractivity contribution in [3.8, 4) is 23.0 Å². The van der Waals surface area contributed by atoms with Gasteiger partial charge in [-0.2, -0.15) is 0 Å². The lowest BCUT2D eigenvalue weighted by Gasteiger charge is -2.15. The van der Waals surface area contributed by atoms with Crippen molar-refractivity contribution < 1.29 is 23.7 Å². The second kappa shape index (κ2) is 6.89. The van der Waals surface area contributed by atoms with E-state index in [9.17, 15) is 4.79 Å². The van der Waals surface area contributed by atoms with E-state index < -0.39 is 0 Å². The molecule has 1 aliphatic carbocycles. The van der Waals surface area contributed by atoms with E-state index in [1.165, 1.54) is 7.11 Å². The molecule has 2 aromatic rings. The molecule has 5 heteroatoms. The van der Waals surface area contributed by atoms with Gasteiger partial charge in [0.25, 0.3) is 0 Å². The van der Waals surface area contributed by atoms with E-state index in [1.54, 1.807) is 27.4 Å². The van der Waals surface area contributed by atoms with Gasteiger partial charge in [-0.05, 0) is 29.8 Å². The Morgan fingerprint density at radius 2 is 1.56 bits per heavy atom. The number of fused-ring (bicyclic) bond motifs is 1. The van der Waals surface area contributed by atoms with Gasteiger partial charge in [0, 0.05) is 23.1 Å². The Hall–Kier alpha value is -2.95. The molecule has 130 valence electrons. The van der Waals surface area contributed by atoms with Gasteiger partial charge in [-0.15, -0.1) is 0 Å². The van der Waals surface area contributed by atoms with Crippen molar-refractivity contribution in [3.63, 3.8) is 0 Å². The summed E-state index contributed by atoms with van der Waals surface area (Å²) < 4.78 is 21.4. The third-order valence-corrected chi connectivity index (χ3v) is 4.29. The molecule has 0 amide bonds. The molecule has 1 aliphatic rings. The molecule has 0 bridgehead atoms. The lowest BCUT2D eigenvalue weighted by Crippen LogP contribution is -2.00. The zero-order chi connectivity index (χ0) is 18.0. The highest BCUT2D eigenvalue weighted by Gasteiger charge is 2.32. The van der Waals surface area contributed by atoms with Crippen LogP contribution < -0.4 is 18.9 Å². The standard InChI is InChI=1S/C20H20O5/c1-22-14-7-5-12(6-8-14)9-13-10-16-15(18(13)21)11-17(23-2)20(25-4)19(16)24-3/h5-9,11H,10H2,1-4H3/b13-9+. The topological polar surface area (TPSA) is 54.0 Å². The molecule has 0 aliphatic heterocycles. The third kappa shape index (κ3) is 2.93. The van der Waals surface area contributed by atoms with Gasteiger partial charge in [-0.25, -0.2) is 0 Å². The number of rotatable bonds is 5. The summed E-state index contributed by atoms with van der Waals surface area (Å²) in [6.07, 6.45) is 2.38. The molecule has 0 N–H and O–H groups in total. The van der Waals surface area contributed by atoms with Gasteiger partial charge in [0.05, 0.1) is 28.4 Å². The molecule has 2 aromatic carbocycles. The number of ether oxygens (including phenoxy) is 4. The van der Waals surface area contributed by atoms with Crippen molar-refractivity contribution in [1.82, 2.24) is 0 Å². The zero-order valence-electron chi connectivity index (χ0n) is 14.7. The predicted molar refractivity (Wildman–Crippen MR) is 95.1 cm³/mol. The average Bonchev–Trinajstić information content (AvgIpc) is 2.96. The van der Waals surface area contributed by atoms with Crippen LogP contribution in [-0.2, 0) is 6.42 Å². The first-order valence-electron chi connectivity index (χ1n) is 7.84. The molecule has 0 unspecified atom stereocenters. The first kappa shape index (κ1) is 16.9. The smallest absolute Gasteiger partial charge is 0.203 e. The number of hydrogen-bond donors (Lipinski definition) is 0. The van der Waals surface area contributed by atoms with E-state index in [0.29, 0.717) is 34.8 Å². The van der Waals surface area contributed by atoms with Crippen LogP contribution in [0.3, 0.4) is 0 Å². The van der Waals surface area contributed by atoms with Crippen LogP contribution in [0.15, 0.2) is 35.9 Å². The molecule has 0 heterocycles. The minimum atomic E-state index is -0.0231. The van der Waals surface area contributed by atoms with E-state index in [0.717, 1.165) is 16.9 Å². The Morgan fingerprint density at radius 3 is 2.12 bits per heavy atom. The van der Waals surface area contributed by atoms with Crippen LogP contribution in [0.25, 0.3) is 6.08 Å². The second-order valence-electron chi connectivity index (χ2n) is 5.62. The number of ketones is 1. The number of carbonyl (C=O) groups excluding carboxylic acids is 1. The summed E-state index contributed by atoms with van der Waals surface area (Å²) in [5.41, 5.74) is 3.06. The summed E-state index contributed by atoms with van der Waals surface area (Å²) in [5, 5.41) is 0. The lowest BCUT2D eigenvalue weighted by atomic mass is 10.1. The maximum absolute atomic E-state index is 12.8.